The first-order chi connectivity index (χ1) is 11.3. The molecule has 0 radical (unpaired) electrons. The fraction of sp³-hybridized carbons (Fsp3) is 0.706. The molecule has 7 nitrogen and oxygen atoms in total. The van der Waals surface area contributed by atoms with Gasteiger partial charge in [0, 0.05) is 25.3 Å². The van der Waals surface area contributed by atoms with Gasteiger partial charge in [0.05, 0.1) is 23.9 Å². The summed E-state index contributed by atoms with van der Waals surface area (Å²) < 4.78 is 11.2. The molecule has 1 saturated carbocycles. The zero-order valence-electron chi connectivity index (χ0n) is 14.7. The van der Waals surface area contributed by atoms with Crippen LogP contribution in [0.25, 0.3) is 0 Å². The number of aromatic nitrogens is 2. The summed E-state index contributed by atoms with van der Waals surface area (Å²) in [6.07, 6.45) is 2.50. The molecule has 7 heteroatoms. The molecule has 0 spiro atoms. The van der Waals surface area contributed by atoms with E-state index in [1.54, 1.807) is 6.20 Å². The lowest BCUT2D eigenvalue weighted by Crippen LogP contribution is -2.70. The molecule has 4 unspecified atom stereocenters. The Hall–Kier alpha value is -1.73. The summed E-state index contributed by atoms with van der Waals surface area (Å²) in [5.74, 6) is 1.10. The number of alkyl carbamates (subject to hydrolysis) is 1. The predicted molar refractivity (Wildman–Crippen MR) is 88.4 cm³/mol. The number of carbonyl (C=O) groups excluding carboxylic acids is 1. The molecular formula is C17H26N4O3. The van der Waals surface area contributed by atoms with E-state index in [1.807, 2.05) is 33.8 Å². The van der Waals surface area contributed by atoms with Crippen LogP contribution in [-0.2, 0) is 16.0 Å². The highest BCUT2D eigenvalue weighted by atomic mass is 16.6. The summed E-state index contributed by atoms with van der Waals surface area (Å²) in [6.45, 7) is 8.82. The standard InChI is InChI=1S/C17H26N4O3/c1-10-18-7-5-11(20-10)9-19-14-13(12-6-8-23-15(12)14)21-16(22)24-17(2,3)4/h5,7,12-15,19H,6,8-9H2,1-4H3,(H,21,22). The van der Waals surface area contributed by atoms with Crippen LogP contribution in [-0.4, -0.2) is 46.5 Å². The van der Waals surface area contributed by atoms with Crippen LogP contribution in [0.2, 0.25) is 0 Å². The van der Waals surface area contributed by atoms with Gasteiger partial charge in [0.2, 0.25) is 0 Å². The lowest BCUT2D eigenvalue weighted by Gasteiger charge is -2.48. The van der Waals surface area contributed by atoms with Crippen molar-refractivity contribution in [3.63, 3.8) is 0 Å². The number of hydrogen-bond donors (Lipinski definition) is 2. The minimum atomic E-state index is -0.499. The predicted octanol–water partition coefficient (Wildman–Crippen LogP) is 1.56. The molecule has 132 valence electrons. The van der Waals surface area contributed by atoms with Crippen LogP contribution in [0.3, 0.4) is 0 Å². The Morgan fingerprint density at radius 1 is 1.42 bits per heavy atom. The van der Waals surface area contributed by atoms with Crippen molar-refractivity contribution in [2.75, 3.05) is 6.61 Å². The summed E-state index contributed by atoms with van der Waals surface area (Å²) in [5, 5.41) is 6.47. The number of aryl methyl sites for hydroxylation is 1. The van der Waals surface area contributed by atoms with E-state index in [9.17, 15) is 4.79 Å². The van der Waals surface area contributed by atoms with Crippen LogP contribution in [0.5, 0.6) is 0 Å². The van der Waals surface area contributed by atoms with Crippen LogP contribution in [0.15, 0.2) is 12.3 Å². The van der Waals surface area contributed by atoms with Crippen LogP contribution in [0, 0.1) is 12.8 Å². The van der Waals surface area contributed by atoms with Crippen molar-refractivity contribution in [3.05, 3.63) is 23.8 Å². The molecule has 1 aromatic rings. The van der Waals surface area contributed by atoms with E-state index in [0.717, 1.165) is 24.5 Å². The fourth-order valence-electron chi connectivity index (χ4n) is 3.42. The first-order valence-corrected chi connectivity index (χ1v) is 8.46. The molecule has 1 amide bonds. The van der Waals surface area contributed by atoms with Gasteiger partial charge in [-0.15, -0.1) is 0 Å². The number of ether oxygens (including phenoxy) is 2. The van der Waals surface area contributed by atoms with E-state index in [2.05, 4.69) is 20.6 Å². The van der Waals surface area contributed by atoms with Gasteiger partial charge in [-0.1, -0.05) is 0 Å². The molecule has 0 aromatic carbocycles. The number of hydrogen-bond acceptors (Lipinski definition) is 6. The Balaban J connectivity index is 1.59. The van der Waals surface area contributed by atoms with E-state index in [-0.39, 0.29) is 24.3 Å². The minimum Gasteiger partial charge on any atom is -0.444 e. The van der Waals surface area contributed by atoms with Crippen molar-refractivity contribution in [3.8, 4) is 0 Å². The van der Waals surface area contributed by atoms with E-state index in [4.69, 9.17) is 9.47 Å². The third-order valence-corrected chi connectivity index (χ3v) is 4.42. The Morgan fingerprint density at radius 2 is 2.21 bits per heavy atom. The molecule has 0 bridgehead atoms. The monoisotopic (exact) mass is 334 g/mol. The van der Waals surface area contributed by atoms with Gasteiger partial charge >= 0.3 is 6.09 Å². The fourth-order valence-corrected chi connectivity index (χ4v) is 3.42. The Kier molecular flexibility index (Phi) is 4.73. The van der Waals surface area contributed by atoms with E-state index >= 15 is 0 Å². The molecular weight excluding hydrogens is 308 g/mol. The molecule has 1 saturated heterocycles. The summed E-state index contributed by atoms with van der Waals surface area (Å²) in [6, 6.07) is 1.98. The maximum Gasteiger partial charge on any atom is 0.407 e. The number of carbonyl (C=O) groups is 1. The van der Waals surface area contributed by atoms with Gasteiger partial charge in [0.1, 0.15) is 11.4 Å². The first kappa shape index (κ1) is 17.1. The molecule has 2 aliphatic rings. The smallest absolute Gasteiger partial charge is 0.407 e. The quantitative estimate of drug-likeness (QED) is 0.869. The lowest BCUT2D eigenvalue weighted by molar-refractivity contribution is -0.0345. The highest BCUT2D eigenvalue weighted by Gasteiger charge is 2.54. The average molecular weight is 334 g/mol. The van der Waals surface area contributed by atoms with Gasteiger partial charge in [-0.05, 0) is 40.2 Å². The van der Waals surface area contributed by atoms with Crippen molar-refractivity contribution < 1.29 is 14.3 Å². The van der Waals surface area contributed by atoms with Crippen molar-refractivity contribution in [2.24, 2.45) is 5.92 Å². The number of nitrogens with one attached hydrogen (secondary N) is 2. The second-order valence-electron chi connectivity index (χ2n) is 7.46. The maximum atomic E-state index is 12.1. The molecule has 2 fully saturated rings. The van der Waals surface area contributed by atoms with Crippen molar-refractivity contribution in [2.45, 2.75) is 64.4 Å². The molecule has 4 atom stereocenters. The minimum absolute atomic E-state index is 0.0234. The number of fused-ring (bicyclic) bond motifs is 1. The van der Waals surface area contributed by atoms with Gasteiger partial charge in [-0.2, -0.15) is 0 Å². The van der Waals surface area contributed by atoms with Gasteiger partial charge in [-0.3, -0.25) is 0 Å². The third-order valence-electron chi connectivity index (χ3n) is 4.42. The van der Waals surface area contributed by atoms with E-state index in [0.29, 0.717) is 12.5 Å². The summed E-state index contributed by atoms with van der Waals surface area (Å²) in [4.78, 5) is 20.6. The molecule has 24 heavy (non-hydrogen) atoms. The Bertz CT molecular complexity index is 602. The molecule has 1 aliphatic heterocycles. The largest absolute Gasteiger partial charge is 0.444 e. The molecule has 3 rings (SSSR count). The van der Waals surface area contributed by atoms with Crippen LogP contribution >= 0.6 is 0 Å². The van der Waals surface area contributed by atoms with Crippen molar-refractivity contribution in [1.29, 1.82) is 0 Å². The third kappa shape index (κ3) is 3.84. The second-order valence-corrected chi connectivity index (χ2v) is 7.46. The summed E-state index contributed by atoms with van der Waals surface area (Å²) >= 11 is 0. The Labute approximate surface area is 142 Å². The van der Waals surface area contributed by atoms with Gasteiger partial charge < -0.3 is 20.1 Å². The average Bonchev–Trinajstić information content (AvgIpc) is 2.88. The number of rotatable bonds is 4. The topological polar surface area (TPSA) is 85.4 Å². The molecule has 2 N–H and O–H groups in total. The number of nitrogens with zero attached hydrogens (tertiary/aromatic N) is 2. The van der Waals surface area contributed by atoms with Gasteiger partial charge in [0.15, 0.2) is 0 Å². The SMILES string of the molecule is Cc1nccc(CNC2C(NC(=O)OC(C)(C)C)C3CCOC32)n1. The zero-order chi connectivity index (χ0) is 17.3. The van der Waals surface area contributed by atoms with Gasteiger partial charge in [0.25, 0.3) is 0 Å². The van der Waals surface area contributed by atoms with Crippen LogP contribution in [0.1, 0.15) is 38.7 Å². The molecule has 1 aliphatic carbocycles. The highest BCUT2D eigenvalue weighted by Crippen LogP contribution is 2.39. The maximum absolute atomic E-state index is 12.1. The normalized spacial score (nSPS) is 28.8. The highest BCUT2D eigenvalue weighted by molar-refractivity contribution is 5.68. The van der Waals surface area contributed by atoms with Crippen molar-refractivity contribution in [1.82, 2.24) is 20.6 Å². The van der Waals surface area contributed by atoms with Gasteiger partial charge in [-0.25, -0.2) is 14.8 Å². The Morgan fingerprint density at radius 3 is 2.92 bits per heavy atom. The van der Waals surface area contributed by atoms with Crippen LogP contribution in [0.4, 0.5) is 4.79 Å². The summed E-state index contributed by atoms with van der Waals surface area (Å²) in [5.41, 5.74) is 0.431. The van der Waals surface area contributed by atoms with E-state index in [1.165, 1.54) is 0 Å². The summed E-state index contributed by atoms with van der Waals surface area (Å²) in [7, 11) is 0. The first-order valence-electron chi connectivity index (χ1n) is 8.46. The zero-order valence-corrected chi connectivity index (χ0v) is 14.7. The number of amides is 1. The van der Waals surface area contributed by atoms with E-state index < -0.39 is 5.60 Å². The van der Waals surface area contributed by atoms with Crippen molar-refractivity contribution >= 4 is 6.09 Å². The van der Waals surface area contributed by atoms with Crippen LogP contribution < -0.4 is 10.6 Å². The second kappa shape index (κ2) is 6.64. The molecule has 2 heterocycles. The molecule has 1 aromatic heterocycles. The lowest BCUT2D eigenvalue weighted by atomic mass is 9.71.